The molecule has 0 bridgehead atoms. The minimum atomic E-state index is -3.59. The van der Waals surface area contributed by atoms with Gasteiger partial charge in [0, 0.05) is 43.3 Å². The zero-order chi connectivity index (χ0) is 16.9. The fraction of sp³-hybridized carbons (Fsp3) is 0.600. The van der Waals surface area contributed by atoms with E-state index in [9.17, 15) is 12.8 Å². The fourth-order valence-electron chi connectivity index (χ4n) is 2.51. The maximum Gasteiger partial charge on any atom is 0.215 e. The van der Waals surface area contributed by atoms with Crippen molar-refractivity contribution < 1.29 is 12.8 Å². The van der Waals surface area contributed by atoms with Crippen LogP contribution in [0.15, 0.2) is 18.2 Å². The van der Waals surface area contributed by atoms with E-state index < -0.39 is 21.6 Å². The number of piperazine rings is 1. The Bertz CT molecular complexity index is 599. The minimum absolute atomic E-state index is 0.0146. The van der Waals surface area contributed by atoms with Gasteiger partial charge in [-0.2, -0.15) is 0 Å². The number of rotatable bonds is 7. The molecule has 0 spiro atoms. The van der Waals surface area contributed by atoms with E-state index in [1.807, 2.05) is 0 Å². The highest BCUT2D eigenvalue weighted by atomic mass is 35.5. The summed E-state index contributed by atoms with van der Waals surface area (Å²) in [4.78, 5) is 4.60. The predicted molar refractivity (Wildman–Crippen MR) is 90.6 cm³/mol. The van der Waals surface area contributed by atoms with Crippen molar-refractivity contribution in [1.82, 2.24) is 14.5 Å². The number of hydrogen-bond acceptors (Lipinski definition) is 4. The van der Waals surface area contributed by atoms with E-state index >= 15 is 0 Å². The molecule has 0 saturated carbocycles. The van der Waals surface area contributed by atoms with Crippen LogP contribution in [0.5, 0.6) is 0 Å². The first-order chi connectivity index (χ1) is 10.9. The molecular weight excluding hydrogens is 341 g/mol. The third-order valence-electron chi connectivity index (χ3n) is 3.97. The van der Waals surface area contributed by atoms with Crippen LogP contribution in [0.1, 0.15) is 12.0 Å². The molecule has 1 aliphatic rings. The number of likely N-dealkylation sites (N-methyl/N-ethyl adjacent to an activating group) is 1. The highest BCUT2D eigenvalue weighted by Gasteiger charge is 2.17. The Labute approximate surface area is 142 Å². The van der Waals surface area contributed by atoms with E-state index in [0.29, 0.717) is 6.54 Å². The molecule has 5 nitrogen and oxygen atoms in total. The van der Waals surface area contributed by atoms with Gasteiger partial charge in [-0.15, -0.1) is 0 Å². The van der Waals surface area contributed by atoms with Crippen LogP contribution in [0.4, 0.5) is 4.39 Å². The lowest BCUT2D eigenvalue weighted by molar-refractivity contribution is 0.153. The molecule has 1 saturated heterocycles. The molecule has 0 aliphatic carbocycles. The third-order valence-corrected chi connectivity index (χ3v) is 5.63. The molecule has 130 valence electrons. The van der Waals surface area contributed by atoms with Crippen molar-refractivity contribution in [2.75, 3.05) is 46.3 Å². The van der Waals surface area contributed by atoms with Gasteiger partial charge in [0.2, 0.25) is 10.0 Å². The lowest BCUT2D eigenvalue weighted by Crippen LogP contribution is -2.45. The summed E-state index contributed by atoms with van der Waals surface area (Å²) in [6.45, 7) is 5.30. The maximum atomic E-state index is 13.7. The van der Waals surface area contributed by atoms with Crippen molar-refractivity contribution in [2.45, 2.75) is 12.2 Å². The molecule has 8 heteroatoms. The Hall–Kier alpha value is -0.730. The summed E-state index contributed by atoms with van der Waals surface area (Å²) in [5.41, 5.74) is 0.0146. The van der Waals surface area contributed by atoms with Crippen molar-refractivity contribution >= 4 is 21.6 Å². The average molecular weight is 364 g/mol. The van der Waals surface area contributed by atoms with Gasteiger partial charge in [0.25, 0.3) is 0 Å². The number of nitrogens with one attached hydrogen (secondary N) is 1. The third kappa shape index (κ3) is 6.00. The molecule has 1 N–H and O–H groups in total. The first-order valence-electron chi connectivity index (χ1n) is 7.68. The Morgan fingerprint density at radius 2 is 1.96 bits per heavy atom. The summed E-state index contributed by atoms with van der Waals surface area (Å²) in [7, 11) is -1.50. The molecule has 0 amide bonds. The van der Waals surface area contributed by atoms with Crippen molar-refractivity contribution in [2.24, 2.45) is 0 Å². The average Bonchev–Trinajstić information content (AvgIpc) is 2.49. The van der Waals surface area contributed by atoms with Crippen LogP contribution >= 0.6 is 11.6 Å². The molecule has 0 atom stereocenters. The van der Waals surface area contributed by atoms with Crippen LogP contribution in [-0.2, 0) is 15.8 Å². The normalized spacial score (nSPS) is 17.5. The van der Waals surface area contributed by atoms with Gasteiger partial charge in [-0.25, -0.2) is 17.5 Å². The lowest BCUT2D eigenvalue weighted by atomic mass is 10.2. The Morgan fingerprint density at radius 3 is 2.61 bits per heavy atom. The second-order valence-electron chi connectivity index (χ2n) is 5.85. The number of nitrogens with zero attached hydrogens (tertiary/aromatic N) is 2. The summed E-state index contributed by atoms with van der Waals surface area (Å²) in [6.07, 6.45) is 0.730. The van der Waals surface area contributed by atoms with Crippen LogP contribution in [0, 0.1) is 5.82 Å². The monoisotopic (exact) mass is 363 g/mol. The molecule has 23 heavy (non-hydrogen) atoms. The maximum absolute atomic E-state index is 13.7. The van der Waals surface area contributed by atoms with Crippen molar-refractivity contribution in [1.29, 1.82) is 0 Å². The van der Waals surface area contributed by atoms with E-state index in [4.69, 9.17) is 11.6 Å². The van der Waals surface area contributed by atoms with Gasteiger partial charge in [-0.1, -0.05) is 17.7 Å². The standard InChI is InChI=1S/C15H23ClFN3O2S/c1-19-8-10-20(11-9-19)7-3-6-18-23(21,22)12-13-14(16)4-2-5-15(13)17/h2,4-5,18H,3,6-12H2,1H3. The highest BCUT2D eigenvalue weighted by molar-refractivity contribution is 7.88. The molecule has 1 heterocycles. The highest BCUT2D eigenvalue weighted by Crippen LogP contribution is 2.20. The van der Waals surface area contributed by atoms with E-state index in [-0.39, 0.29) is 10.6 Å². The van der Waals surface area contributed by atoms with Crippen molar-refractivity contribution in [3.05, 3.63) is 34.6 Å². The molecular formula is C15H23ClFN3O2S. The minimum Gasteiger partial charge on any atom is -0.304 e. The van der Waals surface area contributed by atoms with E-state index in [1.54, 1.807) is 0 Å². The summed E-state index contributed by atoms with van der Waals surface area (Å²) in [5.74, 6) is -1.03. The van der Waals surface area contributed by atoms with Crippen molar-refractivity contribution in [3.63, 3.8) is 0 Å². The molecule has 1 aromatic carbocycles. The fourth-order valence-corrected chi connectivity index (χ4v) is 4.05. The zero-order valence-electron chi connectivity index (χ0n) is 13.3. The molecule has 1 fully saturated rings. The van der Waals surface area contributed by atoms with Crippen LogP contribution < -0.4 is 4.72 Å². The van der Waals surface area contributed by atoms with Crippen LogP contribution in [0.2, 0.25) is 5.02 Å². The van der Waals surface area contributed by atoms with Gasteiger partial charge in [0.1, 0.15) is 5.82 Å². The smallest absolute Gasteiger partial charge is 0.215 e. The van der Waals surface area contributed by atoms with Gasteiger partial charge in [0.15, 0.2) is 0 Å². The van der Waals surface area contributed by atoms with Crippen LogP contribution in [-0.4, -0.2) is 64.5 Å². The summed E-state index contributed by atoms with van der Waals surface area (Å²) >= 11 is 5.87. The number of hydrogen-bond donors (Lipinski definition) is 1. The number of sulfonamides is 1. The second kappa shape index (κ2) is 8.39. The molecule has 1 aliphatic heterocycles. The van der Waals surface area contributed by atoms with Crippen molar-refractivity contribution in [3.8, 4) is 0 Å². The molecule has 0 unspecified atom stereocenters. The summed E-state index contributed by atoms with van der Waals surface area (Å²) in [5, 5.41) is 0.132. The predicted octanol–water partition coefficient (Wildman–Crippen LogP) is 1.54. The quantitative estimate of drug-likeness (QED) is 0.746. The Balaban J connectivity index is 1.76. The lowest BCUT2D eigenvalue weighted by Gasteiger charge is -2.32. The van der Waals surface area contributed by atoms with Crippen LogP contribution in [0.3, 0.4) is 0 Å². The summed E-state index contributed by atoms with van der Waals surface area (Å²) < 4.78 is 40.3. The largest absolute Gasteiger partial charge is 0.304 e. The van der Waals surface area contributed by atoms with Gasteiger partial charge >= 0.3 is 0 Å². The zero-order valence-corrected chi connectivity index (χ0v) is 14.8. The van der Waals surface area contributed by atoms with Crippen LogP contribution in [0.25, 0.3) is 0 Å². The molecule has 1 aromatic rings. The second-order valence-corrected chi connectivity index (χ2v) is 8.07. The van der Waals surface area contributed by atoms with E-state index in [0.717, 1.165) is 39.1 Å². The molecule has 0 radical (unpaired) electrons. The Morgan fingerprint density at radius 1 is 1.26 bits per heavy atom. The van der Waals surface area contributed by atoms with Gasteiger partial charge < -0.3 is 9.80 Å². The topological polar surface area (TPSA) is 52.6 Å². The van der Waals surface area contributed by atoms with E-state index in [2.05, 4.69) is 21.6 Å². The SMILES string of the molecule is CN1CCN(CCCNS(=O)(=O)Cc2c(F)cccc2Cl)CC1. The first kappa shape index (κ1) is 18.6. The Kier molecular flexibility index (Phi) is 6.79. The van der Waals surface area contributed by atoms with E-state index in [1.165, 1.54) is 18.2 Å². The molecule has 0 aromatic heterocycles. The van der Waals surface area contributed by atoms with Gasteiger partial charge in [0.05, 0.1) is 5.75 Å². The number of halogens is 2. The molecule has 2 rings (SSSR count). The first-order valence-corrected chi connectivity index (χ1v) is 9.71. The van der Waals surface area contributed by atoms with Gasteiger partial charge in [-0.3, -0.25) is 0 Å². The summed E-state index contributed by atoms with van der Waals surface area (Å²) in [6, 6.07) is 4.16. The number of benzene rings is 1. The van der Waals surface area contributed by atoms with Gasteiger partial charge in [-0.05, 0) is 32.1 Å².